The van der Waals surface area contributed by atoms with E-state index in [9.17, 15) is 0 Å². The van der Waals surface area contributed by atoms with Crippen LogP contribution in [0.5, 0.6) is 0 Å². The Kier molecular flexibility index (Phi) is 6.31. The predicted molar refractivity (Wildman–Crippen MR) is 84.8 cm³/mol. The summed E-state index contributed by atoms with van der Waals surface area (Å²) in [6.45, 7) is 10.1. The van der Waals surface area contributed by atoms with Crippen molar-refractivity contribution in [3.63, 3.8) is 0 Å². The fourth-order valence-corrected chi connectivity index (χ4v) is 2.84. The average molecular weight is 326 g/mol. The molecular formula is C15H24BrN3. The molecule has 0 bridgehead atoms. The van der Waals surface area contributed by atoms with Crippen molar-refractivity contribution in [3.8, 4) is 0 Å². The molecule has 1 aromatic carbocycles. The van der Waals surface area contributed by atoms with Gasteiger partial charge in [-0.05, 0) is 43.1 Å². The Bertz CT molecular complexity index is 389. The molecule has 0 amide bonds. The number of halogens is 1. The van der Waals surface area contributed by atoms with Crippen LogP contribution >= 0.6 is 15.9 Å². The summed E-state index contributed by atoms with van der Waals surface area (Å²) in [7, 11) is 0. The molecule has 0 radical (unpaired) electrons. The first-order valence-electron chi connectivity index (χ1n) is 7.14. The molecule has 0 saturated carbocycles. The molecule has 4 heteroatoms. The van der Waals surface area contributed by atoms with Gasteiger partial charge in [0.2, 0.25) is 0 Å². The molecule has 2 N–H and O–H groups in total. The van der Waals surface area contributed by atoms with Crippen molar-refractivity contribution in [2.75, 3.05) is 45.8 Å². The third-order valence-electron chi connectivity index (χ3n) is 3.70. The molecule has 1 saturated heterocycles. The van der Waals surface area contributed by atoms with E-state index in [0.717, 1.165) is 32.6 Å². The number of rotatable bonds is 6. The molecule has 0 atom stereocenters. The van der Waals surface area contributed by atoms with Crippen molar-refractivity contribution in [2.45, 2.75) is 13.3 Å². The molecule has 1 fully saturated rings. The van der Waals surface area contributed by atoms with Gasteiger partial charge in [0, 0.05) is 43.7 Å². The van der Waals surface area contributed by atoms with Crippen LogP contribution in [0, 0.1) is 6.92 Å². The first-order valence-corrected chi connectivity index (χ1v) is 7.94. The number of nitrogens with zero attached hydrogens (tertiary/aromatic N) is 1. The Hall–Kier alpha value is -0.420. The topological polar surface area (TPSA) is 27.3 Å². The highest BCUT2D eigenvalue weighted by atomic mass is 79.9. The molecular weight excluding hydrogens is 302 g/mol. The number of hydrogen-bond donors (Lipinski definition) is 2. The predicted octanol–water partition coefficient (Wildman–Crippen LogP) is 1.79. The summed E-state index contributed by atoms with van der Waals surface area (Å²) in [4.78, 5) is 2.52. The SMILES string of the molecule is Cc1ccc(Br)cc1CCNCCN1CCNCC1. The van der Waals surface area contributed by atoms with Crippen LogP contribution in [0.15, 0.2) is 22.7 Å². The average Bonchev–Trinajstić information content (AvgIpc) is 2.43. The summed E-state index contributed by atoms with van der Waals surface area (Å²) < 4.78 is 1.17. The van der Waals surface area contributed by atoms with Gasteiger partial charge in [0.05, 0.1) is 0 Å². The van der Waals surface area contributed by atoms with Crippen LogP contribution < -0.4 is 10.6 Å². The van der Waals surface area contributed by atoms with Gasteiger partial charge in [-0.2, -0.15) is 0 Å². The Labute approximate surface area is 124 Å². The van der Waals surface area contributed by atoms with Gasteiger partial charge in [-0.1, -0.05) is 22.0 Å². The number of piperazine rings is 1. The summed E-state index contributed by atoms with van der Waals surface area (Å²) >= 11 is 3.54. The summed E-state index contributed by atoms with van der Waals surface area (Å²) in [5.41, 5.74) is 2.82. The van der Waals surface area contributed by atoms with Gasteiger partial charge in [-0.15, -0.1) is 0 Å². The zero-order valence-corrected chi connectivity index (χ0v) is 13.3. The minimum Gasteiger partial charge on any atom is -0.315 e. The van der Waals surface area contributed by atoms with E-state index in [1.54, 1.807) is 0 Å². The highest BCUT2D eigenvalue weighted by Crippen LogP contribution is 2.16. The molecule has 1 aliphatic rings. The van der Waals surface area contributed by atoms with Gasteiger partial charge < -0.3 is 10.6 Å². The van der Waals surface area contributed by atoms with Crippen molar-refractivity contribution in [2.24, 2.45) is 0 Å². The summed E-state index contributed by atoms with van der Waals surface area (Å²) in [6, 6.07) is 6.52. The summed E-state index contributed by atoms with van der Waals surface area (Å²) in [5.74, 6) is 0. The van der Waals surface area contributed by atoms with E-state index in [-0.39, 0.29) is 0 Å². The van der Waals surface area contributed by atoms with Crippen LogP contribution in [-0.4, -0.2) is 50.7 Å². The maximum Gasteiger partial charge on any atom is 0.0178 e. The molecule has 0 spiro atoms. The fourth-order valence-electron chi connectivity index (χ4n) is 2.43. The van der Waals surface area contributed by atoms with Crippen molar-refractivity contribution < 1.29 is 0 Å². The van der Waals surface area contributed by atoms with Gasteiger partial charge >= 0.3 is 0 Å². The van der Waals surface area contributed by atoms with E-state index in [0.29, 0.717) is 0 Å². The van der Waals surface area contributed by atoms with Crippen molar-refractivity contribution in [1.29, 1.82) is 0 Å². The molecule has 3 nitrogen and oxygen atoms in total. The Morgan fingerprint density at radius 2 is 2.05 bits per heavy atom. The van der Waals surface area contributed by atoms with Gasteiger partial charge in [-0.3, -0.25) is 4.90 Å². The van der Waals surface area contributed by atoms with Crippen LogP contribution in [0.4, 0.5) is 0 Å². The second kappa shape index (κ2) is 8.00. The van der Waals surface area contributed by atoms with Crippen LogP contribution in [0.3, 0.4) is 0 Å². The van der Waals surface area contributed by atoms with Gasteiger partial charge in [0.25, 0.3) is 0 Å². The van der Waals surface area contributed by atoms with Crippen molar-refractivity contribution in [3.05, 3.63) is 33.8 Å². The van der Waals surface area contributed by atoms with E-state index in [1.807, 2.05) is 0 Å². The largest absolute Gasteiger partial charge is 0.315 e. The molecule has 0 aliphatic carbocycles. The lowest BCUT2D eigenvalue weighted by atomic mass is 10.1. The maximum absolute atomic E-state index is 3.55. The zero-order valence-electron chi connectivity index (χ0n) is 11.7. The number of hydrogen-bond acceptors (Lipinski definition) is 3. The van der Waals surface area contributed by atoms with E-state index >= 15 is 0 Å². The zero-order chi connectivity index (χ0) is 13.5. The Balaban J connectivity index is 1.62. The fraction of sp³-hybridized carbons (Fsp3) is 0.600. The quantitative estimate of drug-likeness (QED) is 0.781. The van der Waals surface area contributed by atoms with Crippen molar-refractivity contribution in [1.82, 2.24) is 15.5 Å². The van der Waals surface area contributed by atoms with E-state index in [4.69, 9.17) is 0 Å². The molecule has 0 unspecified atom stereocenters. The lowest BCUT2D eigenvalue weighted by Crippen LogP contribution is -2.45. The minimum absolute atomic E-state index is 1.06. The highest BCUT2D eigenvalue weighted by molar-refractivity contribution is 9.10. The molecule has 1 aliphatic heterocycles. The van der Waals surface area contributed by atoms with E-state index in [1.165, 1.54) is 35.2 Å². The summed E-state index contributed by atoms with van der Waals surface area (Å²) in [5, 5.41) is 6.93. The van der Waals surface area contributed by atoms with Crippen LogP contribution in [0.2, 0.25) is 0 Å². The number of nitrogens with one attached hydrogen (secondary N) is 2. The Morgan fingerprint density at radius 3 is 2.84 bits per heavy atom. The van der Waals surface area contributed by atoms with Crippen LogP contribution in [-0.2, 0) is 6.42 Å². The molecule has 1 aromatic rings. The first-order chi connectivity index (χ1) is 9.25. The number of aryl methyl sites for hydroxylation is 1. The number of benzene rings is 1. The molecule has 0 aromatic heterocycles. The molecule has 1 heterocycles. The van der Waals surface area contributed by atoms with Crippen LogP contribution in [0.1, 0.15) is 11.1 Å². The van der Waals surface area contributed by atoms with Gasteiger partial charge in [-0.25, -0.2) is 0 Å². The van der Waals surface area contributed by atoms with Gasteiger partial charge in [0.1, 0.15) is 0 Å². The van der Waals surface area contributed by atoms with Gasteiger partial charge in [0.15, 0.2) is 0 Å². The monoisotopic (exact) mass is 325 g/mol. The molecule has 2 rings (SSSR count). The second-order valence-electron chi connectivity index (χ2n) is 5.16. The highest BCUT2D eigenvalue weighted by Gasteiger charge is 2.08. The summed E-state index contributed by atoms with van der Waals surface area (Å²) in [6.07, 6.45) is 1.10. The molecule has 19 heavy (non-hydrogen) atoms. The normalized spacial score (nSPS) is 16.7. The minimum atomic E-state index is 1.06. The Morgan fingerprint density at radius 1 is 1.26 bits per heavy atom. The standard InChI is InChI=1S/C15H24BrN3/c1-13-2-3-15(16)12-14(13)4-5-17-6-9-19-10-7-18-8-11-19/h2-3,12,17-18H,4-11H2,1H3. The lowest BCUT2D eigenvalue weighted by Gasteiger charge is -2.27. The first kappa shape index (κ1) is 15.0. The smallest absolute Gasteiger partial charge is 0.0178 e. The lowest BCUT2D eigenvalue weighted by molar-refractivity contribution is 0.241. The van der Waals surface area contributed by atoms with E-state index < -0.39 is 0 Å². The third kappa shape index (κ3) is 5.22. The molecule has 106 valence electrons. The van der Waals surface area contributed by atoms with Crippen molar-refractivity contribution >= 4 is 15.9 Å². The third-order valence-corrected chi connectivity index (χ3v) is 4.19. The maximum atomic E-state index is 3.55. The van der Waals surface area contributed by atoms with E-state index in [2.05, 4.69) is 56.6 Å². The second-order valence-corrected chi connectivity index (χ2v) is 6.08. The van der Waals surface area contributed by atoms with Crippen LogP contribution in [0.25, 0.3) is 0 Å².